The highest BCUT2D eigenvalue weighted by Crippen LogP contribution is 2.26. The summed E-state index contributed by atoms with van der Waals surface area (Å²) in [4.78, 5) is 29.5. The number of sulfonamides is 1. The Bertz CT molecular complexity index is 1740. The molecule has 0 aliphatic heterocycles. The van der Waals surface area contributed by atoms with Crippen LogP contribution in [-0.4, -0.2) is 43.8 Å². The van der Waals surface area contributed by atoms with E-state index in [0.29, 0.717) is 0 Å². The summed E-state index contributed by atoms with van der Waals surface area (Å²) in [5.41, 5.74) is 2.06. The lowest BCUT2D eigenvalue weighted by molar-refractivity contribution is -0.140. The van der Waals surface area contributed by atoms with E-state index in [1.807, 2.05) is 37.3 Å². The van der Waals surface area contributed by atoms with Crippen LogP contribution < -0.4 is 9.62 Å². The SMILES string of the molecule is Cc1ccc(N(CC(=O)N(Cc2ccccc2F)[C@H](Cc2ccccc2)C(=O)NC2CCCC2)S(=O)(=O)c2ccc(F)cc2)cc1. The second-order valence-corrected chi connectivity index (χ2v) is 13.5. The number of nitrogens with zero attached hydrogens (tertiary/aromatic N) is 2. The molecule has 7 nitrogen and oxygen atoms in total. The molecule has 1 N–H and O–H groups in total. The van der Waals surface area contributed by atoms with Crippen molar-refractivity contribution in [2.24, 2.45) is 0 Å². The molecule has 1 aliphatic rings. The molecule has 5 rings (SSSR count). The molecule has 10 heteroatoms. The number of benzene rings is 4. The number of rotatable bonds is 12. The Hall–Kier alpha value is -4.57. The lowest BCUT2D eigenvalue weighted by atomic mass is 10.0. The predicted octanol–water partition coefficient (Wildman–Crippen LogP) is 6.17. The molecule has 0 saturated heterocycles. The zero-order valence-electron chi connectivity index (χ0n) is 25.6. The first-order valence-electron chi connectivity index (χ1n) is 15.3. The molecule has 0 radical (unpaired) electrons. The van der Waals surface area contributed by atoms with Crippen LogP contribution in [0.3, 0.4) is 0 Å². The van der Waals surface area contributed by atoms with Gasteiger partial charge in [-0.3, -0.25) is 13.9 Å². The number of aryl methyl sites for hydroxylation is 1. The maximum Gasteiger partial charge on any atom is 0.264 e. The molecule has 0 spiro atoms. The fourth-order valence-corrected chi connectivity index (χ4v) is 7.12. The standard InChI is InChI=1S/C36H37F2N3O4S/c1-26-15-19-31(20-16-26)41(46(44,45)32-21-17-29(37)18-22-32)25-35(42)40(24-28-11-5-8-14-33(28)38)34(23-27-9-3-2-4-10-27)36(43)39-30-12-6-7-13-30/h2-5,8-11,14-22,30,34H,6-7,12-13,23-25H2,1H3,(H,39,43)/t34-/m1/s1. The van der Waals surface area contributed by atoms with Crippen molar-refractivity contribution >= 4 is 27.5 Å². The van der Waals surface area contributed by atoms with Crippen LogP contribution in [-0.2, 0) is 32.6 Å². The monoisotopic (exact) mass is 645 g/mol. The highest BCUT2D eigenvalue weighted by molar-refractivity contribution is 7.92. The summed E-state index contributed by atoms with van der Waals surface area (Å²) in [5, 5.41) is 3.09. The molecular weight excluding hydrogens is 608 g/mol. The first-order valence-corrected chi connectivity index (χ1v) is 16.8. The van der Waals surface area contributed by atoms with Crippen molar-refractivity contribution in [1.29, 1.82) is 0 Å². The highest BCUT2D eigenvalue weighted by atomic mass is 32.2. The van der Waals surface area contributed by atoms with Gasteiger partial charge in [-0.15, -0.1) is 0 Å². The molecule has 4 aromatic rings. The number of halogens is 2. The third-order valence-corrected chi connectivity index (χ3v) is 10.1. The van der Waals surface area contributed by atoms with Gasteiger partial charge < -0.3 is 10.2 Å². The molecule has 0 heterocycles. The van der Waals surface area contributed by atoms with Crippen LogP contribution in [0.4, 0.5) is 14.5 Å². The van der Waals surface area contributed by atoms with Crippen LogP contribution in [0.2, 0.25) is 0 Å². The van der Waals surface area contributed by atoms with E-state index in [0.717, 1.165) is 65.4 Å². The Kier molecular flexibility index (Phi) is 10.5. The summed E-state index contributed by atoms with van der Waals surface area (Å²) in [6.45, 7) is 0.902. The zero-order valence-corrected chi connectivity index (χ0v) is 26.4. The minimum atomic E-state index is -4.37. The predicted molar refractivity (Wildman–Crippen MR) is 173 cm³/mol. The number of anilines is 1. The van der Waals surface area contributed by atoms with E-state index < -0.39 is 40.2 Å². The lowest BCUT2D eigenvalue weighted by Gasteiger charge is -2.34. The van der Waals surface area contributed by atoms with Crippen LogP contribution in [0.25, 0.3) is 0 Å². The third kappa shape index (κ3) is 7.98. The summed E-state index contributed by atoms with van der Waals surface area (Å²) >= 11 is 0. The molecule has 1 fully saturated rings. The van der Waals surface area contributed by atoms with E-state index in [-0.39, 0.29) is 41.1 Å². The van der Waals surface area contributed by atoms with Crippen molar-refractivity contribution < 1.29 is 26.8 Å². The molecular formula is C36H37F2N3O4S. The number of carbonyl (C=O) groups excluding carboxylic acids is 2. The number of hydrogen-bond donors (Lipinski definition) is 1. The van der Waals surface area contributed by atoms with E-state index in [1.54, 1.807) is 30.3 Å². The highest BCUT2D eigenvalue weighted by Gasteiger charge is 2.36. The van der Waals surface area contributed by atoms with Crippen molar-refractivity contribution in [2.45, 2.75) is 62.6 Å². The Balaban J connectivity index is 1.57. The van der Waals surface area contributed by atoms with Crippen molar-refractivity contribution in [2.75, 3.05) is 10.8 Å². The van der Waals surface area contributed by atoms with Crippen LogP contribution in [0.1, 0.15) is 42.4 Å². The molecule has 1 atom stereocenters. The van der Waals surface area contributed by atoms with Crippen LogP contribution in [0, 0.1) is 18.6 Å². The maximum atomic E-state index is 15.1. The molecule has 0 unspecified atom stereocenters. The van der Waals surface area contributed by atoms with Gasteiger partial charge in [-0.25, -0.2) is 17.2 Å². The van der Waals surface area contributed by atoms with Gasteiger partial charge >= 0.3 is 0 Å². The summed E-state index contributed by atoms with van der Waals surface area (Å²) in [6.07, 6.45) is 3.75. The first-order chi connectivity index (χ1) is 22.1. The molecule has 1 saturated carbocycles. The Morgan fingerprint density at radius 3 is 2.13 bits per heavy atom. The van der Waals surface area contributed by atoms with E-state index in [4.69, 9.17) is 0 Å². The fourth-order valence-electron chi connectivity index (χ4n) is 5.71. The fraction of sp³-hybridized carbons (Fsp3) is 0.278. The van der Waals surface area contributed by atoms with E-state index in [2.05, 4.69) is 5.32 Å². The van der Waals surface area contributed by atoms with Gasteiger partial charge in [-0.05, 0) is 67.8 Å². The molecule has 0 bridgehead atoms. The van der Waals surface area contributed by atoms with Crippen LogP contribution in [0.5, 0.6) is 0 Å². The Morgan fingerprint density at radius 1 is 0.848 bits per heavy atom. The van der Waals surface area contributed by atoms with E-state index >= 15 is 4.39 Å². The molecule has 0 aromatic heterocycles. The minimum Gasteiger partial charge on any atom is -0.352 e. The van der Waals surface area contributed by atoms with Gasteiger partial charge in [-0.1, -0.05) is 79.1 Å². The second-order valence-electron chi connectivity index (χ2n) is 11.6. The van der Waals surface area contributed by atoms with Crippen molar-refractivity contribution in [3.8, 4) is 0 Å². The lowest BCUT2D eigenvalue weighted by Crippen LogP contribution is -2.54. The average molecular weight is 646 g/mol. The zero-order chi connectivity index (χ0) is 32.7. The van der Waals surface area contributed by atoms with Gasteiger partial charge in [0.2, 0.25) is 11.8 Å². The summed E-state index contributed by atoms with van der Waals surface area (Å²) in [7, 11) is -4.37. The van der Waals surface area contributed by atoms with Gasteiger partial charge in [0.05, 0.1) is 10.6 Å². The summed E-state index contributed by atoms with van der Waals surface area (Å²) < 4.78 is 57.8. The van der Waals surface area contributed by atoms with Gasteiger partial charge in [0.25, 0.3) is 10.0 Å². The Labute approximate surface area is 268 Å². The topological polar surface area (TPSA) is 86.8 Å². The van der Waals surface area contributed by atoms with E-state index in [9.17, 15) is 22.4 Å². The second kappa shape index (κ2) is 14.7. The number of nitrogens with one attached hydrogen (secondary N) is 1. The largest absolute Gasteiger partial charge is 0.352 e. The molecule has 46 heavy (non-hydrogen) atoms. The summed E-state index contributed by atoms with van der Waals surface area (Å²) in [6, 6.07) is 25.0. The average Bonchev–Trinajstić information content (AvgIpc) is 3.56. The number of carbonyl (C=O) groups is 2. The van der Waals surface area contributed by atoms with Crippen molar-refractivity contribution in [3.05, 3.63) is 131 Å². The van der Waals surface area contributed by atoms with Gasteiger partial charge in [0.1, 0.15) is 24.2 Å². The van der Waals surface area contributed by atoms with Gasteiger partial charge in [0.15, 0.2) is 0 Å². The maximum absolute atomic E-state index is 15.1. The molecule has 2 amide bonds. The smallest absolute Gasteiger partial charge is 0.264 e. The third-order valence-electron chi connectivity index (χ3n) is 8.27. The quantitative estimate of drug-likeness (QED) is 0.200. The van der Waals surface area contributed by atoms with Gasteiger partial charge in [-0.2, -0.15) is 0 Å². The van der Waals surface area contributed by atoms with Crippen LogP contribution >= 0.6 is 0 Å². The minimum absolute atomic E-state index is 0.0425. The molecule has 240 valence electrons. The Morgan fingerprint density at radius 2 is 1.48 bits per heavy atom. The van der Waals surface area contributed by atoms with Gasteiger partial charge in [0, 0.05) is 24.6 Å². The normalized spacial score (nSPS) is 14.1. The first kappa shape index (κ1) is 32.8. The number of amides is 2. The summed E-state index contributed by atoms with van der Waals surface area (Å²) in [5.74, 6) is -2.24. The van der Waals surface area contributed by atoms with Crippen molar-refractivity contribution in [1.82, 2.24) is 10.2 Å². The van der Waals surface area contributed by atoms with Crippen molar-refractivity contribution in [3.63, 3.8) is 0 Å². The van der Waals surface area contributed by atoms with Crippen LogP contribution in [0.15, 0.2) is 108 Å². The number of hydrogen-bond acceptors (Lipinski definition) is 4. The molecule has 4 aromatic carbocycles. The van der Waals surface area contributed by atoms with E-state index in [1.165, 1.54) is 23.1 Å². The molecule has 1 aliphatic carbocycles.